The van der Waals surface area contributed by atoms with Crippen LogP contribution in [0.1, 0.15) is 69.5 Å². The highest BCUT2D eigenvalue weighted by molar-refractivity contribution is 7.91. The Hall–Kier alpha value is -2.09. The van der Waals surface area contributed by atoms with Gasteiger partial charge < -0.3 is 10.0 Å². The second-order valence-electron chi connectivity index (χ2n) is 9.79. The van der Waals surface area contributed by atoms with E-state index < -0.39 is 33.3 Å². The van der Waals surface area contributed by atoms with Crippen LogP contribution in [0.25, 0.3) is 0 Å². The van der Waals surface area contributed by atoms with Crippen molar-refractivity contribution in [2.75, 3.05) is 11.5 Å². The van der Waals surface area contributed by atoms with Crippen molar-refractivity contribution in [2.45, 2.75) is 64.5 Å². The molecule has 0 radical (unpaired) electrons. The normalized spacial score (nSPS) is 23.5. The molecule has 1 saturated heterocycles. The fourth-order valence-electron chi connectivity index (χ4n) is 5.28. The van der Waals surface area contributed by atoms with Gasteiger partial charge in [-0.3, -0.25) is 9.59 Å². The molecule has 196 valence electrons. The molecule has 1 N–H and O–H groups in total. The molecular formula is C27H33Cl2NO5S. The molecule has 1 unspecified atom stereocenters. The maximum absolute atomic E-state index is 14.1. The number of hydrogen-bond acceptors (Lipinski definition) is 4. The van der Waals surface area contributed by atoms with Crippen LogP contribution < -0.4 is 0 Å². The van der Waals surface area contributed by atoms with Crippen molar-refractivity contribution >= 4 is 44.9 Å². The molecule has 1 aliphatic heterocycles. The van der Waals surface area contributed by atoms with Gasteiger partial charge in [-0.05, 0) is 54.7 Å². The number of hydrogen-bond donors (Lipinski definition) is 1. The summed E-state index contributed by atoms with van der Waals surface area (Å²) in [4.78, 5) is 27.7. The van der Waals surface area contributed by atoms with Gasteiger partial charge in [0.05, 0.1) is 23.6 Å². The zero-order valence-corrected chi connectivity index (χ0v) is 23.1. The highest BCUT2D eigenvalue weighted by Gasteiger charge is 2.52. The van der Waals surface area contributed by atoms with E-state index in [2.05, 4.69) is 0 Å². The van der Waals surface area contributed by atoms with Gasteiger partial charge in [0, 0.05) is 27.8 Å². The summed E-state index contributed by atoms with van der Waals surface area (Å²) in [5, 5.41) is 10.8. The van der Waals surface area contributed by atoms with Crippen molar-refractivity contribution in [3.8, 4) is 0 Å². The first-order valence-electron chi connectivity index (χ1n) is 12.2. The molecule has 1 amide bonds. The van der Waals surface area contributed by atoms with E-state index >= 15 is 0 Å². The van der Waals surface area contributed by atoms with Gasteiger partial charge in [0.15, 0.2) is 0 Å². The fraction of sp³-hybridized carbons (Fsp3) is 0.481. The molecule has 0 aliphatic carbocycles. The Morgan fingerprint density at radius 1 is 1.11 bits per heavy atom. The van der Waals surface area contributed by atoms with E-state index in [9.17, 15) is 23.1 Å². The fourth-order valence-corrected chi connectivity index (χ4v) is 6.53. The lowest BCUT2D eigenvalue weighted by atomic mass is 9.67. The van der Waals surface area contributed by atoms with Crippen molar-refractivity contribution in [3.63, 3.8) is 0 Å². The molecule has 6 nitrogen and oxygen atoms in total. The Labute approximate surface area is 223 Å². The van der Waals surface area contributed by atoms with Crippen LogP contribution in [-0.2, 0) is 19.4 Å². The average molecular weight is 555 g/mol. The maximum atomic E-state index is 14.1. The molecule has 0 saturated carbocycles. The van der Waals surface area contributed by atoms with Crippen LogP contribution >= 0.6 is 23.2 Å². The molecule has 9 heteroatoms. The zero-order chi connectivity index (χ0) is 26.7. The highest BCUT2D eigenvalue weighted by atomic mass is 35.5. The topological polar surface area (TPSA) is 91.8 Å². The first-order chi connectivity index (χ1) is 16.9. The second kappa shape index (κ2) is 11.5. The summed E-state index contributed by atoms with van der Waals surface area (Å²) in [7, 11) is -3.25. The van der Waals surface area contributed by atoms with Crippen LogP contribution in [0.5, 0.6) is 0 Å². The molecule has 0 spiro atoms. The molecule has 3 rings (SSSR count). The molecule has 0 bridgehead atoms. The van der Waals surface area contributed by atoms with Crippen LogP contribution in [0.2, 0.25) is 10.0 Å². The van der Waals surface area contributed by atoms with Crippen molar-refractivity contribution in [1.82, 2.24) is 4.90 Å². The van der Waals surface area contributed by atoms with Gasteiger partial charge in [-0.2, -0.15) is 0 Å². The number of amides is 1. The predicted octanol–water partition coefficient (Wildman–Crippen LogP) is 6.14. The van der Waals surface area contributed by atoms with E-state index in [1.54, 1.807) is 36.9 Å². The summed E-state index contributed by atoms with van der Waals surface area (Å²) in [6.45, 7) is 5.23. The quantitative estimate of drug-likeness (QED) is 0.381. The summed E-state index contributed by atoms with van der Waals surface area (Å²) >= 11 is 12.5. The molecule has 36 heavy (non-hydrogen) atoms. The SMILES string of the molecule is CC[C@@H](CCS(=O)(=O)CC)N1C(=O)[C@@](C)(CC(=O)O)CC(c2cccc(Cl)c2)[C@H]1c1ccc(Cl)cc1. The van der Waals surface area contributed by atoms with Gasteiger partial charge in [-0.25, -0.2) is 8.42 Å². The number of piperidine rings is 1. The smallest absolute Gasteiger partial charge is 0.304 e. The molecule has 2 aromatic rings. The molecule has 1 heterocycles. The minimum Gasteiger partial charge on any atom is -0.481 e. The standard InChI is InChI=1S/C27H33Cl2NO5S/c1-4-22(13-14-36(34,35)5-2)30-25(18-9-11-20(28)12-10-18)23(19-7-6-8-21(29)15-19)16-27(3,26(30)33)17-24(31)32/h6-12,15,22-23,25H,4-5,13-14,16-17H2,1-3H3,(H,31,32)/t22-,23?,25+,27+/m0/s1. The van der Waals surface area contributed by atoms with Gasteiger partial charge in [0.1, 0.15) is 9.84 Å². The lowest BCUT2D eigenvalue weighted by Gasteiger charge is -2.52. The molecule has 1 fully saturated rings. The van der Waals surface area contributed by atoms with E-state index in [0.29, 0.717) is 22.9 Å². The molecule has 2 aromatic carbocycles. The number of carboxylic acid groups (broad SMARTS) is 1. The second-order valence-corrected chi connectivity index (χ2v) is 13.1. The number of nitrogens with zero attached hydrogens (tertiary/aromatic N) is 1. The first-order valence-corrected chi connectivity index (χ1v) is 14.7. The van der Waals surface area contributed by atoms with Crippen LogP contribution in [0.4, 0.5) is 0 Å². The Balaban J connectivity index is 2.20. The molecule has 4 atom stereocenters. The van der Waals surface area contributed by atoms with Crippen molar-refractivity contribution < 1.29 is 23.1 Å². The lowest BCUT2D eigenvalue weighted by Crippen LogP contribution is -2.56. The summed E-state index contributed by atoms with van der Waals surface area (Å²) in [6.07, 6.45) is 0.788. The number of carboxylic acids is 1. The largest absolute Gasteiger partial charge is 0.481 e. The van der Waals surface area contributed by atoms with Crippen molar-refractivity contribution in [3.05, 3.63) is 69.7 Å². The van der Waals surface area contributed by atoms with E-state index in [1.165, 1.54) is 0 Å². The van der Waals surface area contributed by atoms with E-state index in [0.717, 1.165) is 11.1 Å². The van der Waals surface area contributed by atoms with Crippen LogP contribution in [0.3, 0.4) is 0 Å². The monoisotopic (exact) mass is 553 g/mol. The summed E-state index contributed by atoms with van der Waals surface area (Å²) < 4.78 is 24.7. The summed E-state index contributed by atoms with van der Waals surface area (Å²) in [6, 6.07) is 13.9. The number of likely N-dealkylation sites (tertiary alicyclic amines) is 1. The van der Waals surface area contributed by atoms with Gasteiger partial charge >= 0.3 is 5.97 Å². The third-order valence-electron chi connectivity index (χ3n) is 7.20. The summed E-state index contributed by atoms with van der Waals surface area (Å²) in [5.41, 5.74) is 0.582. The third-order valence-corrected chi connectivity index (χ3v) is 9.42. The first kappa shape index (κ1) is 28.5. The van der Waals surface area contributed by atoms with E-state index in [-0.39, 0.29) is 36.2 Å². The Morgan fingerprint density at radius 3 is 2.33 bits per heavy atom. The van der Waals surface area contributed by atoms with Crippen LogP contribution in [0, 0.1) is 5.41 Å². The number of sulfone groups is 1. The predicted molar refractivity (Wildman–Crippen MR) is 143 cm³/mol. The van der Waals surface area contributed by atoms with Gasteiger partial charge in [0.25, 0.3) is 0 Å². The van der Waals surface area contributed by atoms with Gasteiger partial charge in [-0.15, -0.1) is 0 Å². The molecule has 0 aromatic heterocycles. The number of aliphatic carboxylic acids is 1. The van der Waals surface area contributed by atoms with Crippen LogP contribution in [0.15, 0.2) is 48.5 Å². The minimum absolute atomic E-state index is 0.0276. The highest BCUT2D eigenvalue weighted by Crippen LogP contribution is 2.52. The molecular weight excluding hydrogens is 521 g/mol. The average Bonchev–Trinajstić information content (AvgIpc) is 2.82. The molecule has 1 aliphatic rings. The van der Waals surface area contributed by atoms with Crippen LogP contribution in [-0.4, -0.2) is 47.8 Å². The number of rotatable bonds is 10. The Bertz CT molecular complexity index is 1200. The minimum atomic E-state index is -3.25. The van der Waals surface area contributed by atoms with Crippen molar-refractivity contribution in [2.24, 2.45) is 5.41 Å². The third kappa shape index (κ3) is 6.42. The van der Waals surface area contributed by atoms with Crippen molar-refractivity contribution in [1.29, 1.82) is 0 Å². The van der Waals surface area contributed by atoms with E-state index in [4.69, 9.17) is 23.2 Å². The number of carbonyl (C=O) groups is 2. The Morgan fingerprint density at radius 2 is 1.78 bits per heavy atom. The number of benzene rings is 2. The number of carbonyl (C=O) groups excluding carboxylic acids is 1. The summed E-state index contributed by atoms with van der Waals surface area (Å²) in [5.74, 6) is -1.61. The van der Waals surface area contributed by atoms with E-state index in [1.807, 2.05) is 37.3 Å². The lowest BCUT2D eigenvalue weighted by molar-refractivity contribution is -0.160. The maximum Gasteiger partial charge on any atom is 0.304 e. The van der Waals surface area contributed by atoms with Gasteiger partial charge in [-0.1, -0.05) is 68.2 Å². The zero-order valence-electron chi connectivity index (χ0n) is 20.8. The number of halogens is 2. The Kier molecular flexibility index (Phi) is 9.12. The van der Waals surface area contributed by atoms with Gasteiger partial charge in [0.2, 0.25) is 5.91 Å².